The Balaban J connectivity index is 1.76. The van der Waals surface area contributed by atoms with Crippen LogP contribution in [0.3, 0.4) is 0 Å². The van der Waals surface area contributed by atoms with E-state index in [4.69, 9.17) is 0 Å². The predicted molar refractivity (Wildman–Crippen MR) is 91.5 cm³/mol. The Morgan fingerprint density at radius 3 is 2.00 bits per heavy atom. The van der Waals surface area contributed by atoms with Gasteiger partial charge in [-0.1, -0.05) is 38.0 Å². The van der Waals surface area contributed by atoms with Crippen LogP contribution in [0.25, 0.3) is 0 Å². The molecule has 0 aromatic carbocycles. The van der Waals surface area contributed by atoms with Crippen molar-refractivity contribution in [3.8, 4) is 0 Å². The summed E-state index contributed by atoms with van der Waals surface area (Å²) in [6.07, 6.45) is 11.2. The van der Waals surface area contributed by atoms with Gasteiger partial charge in [-0.3, -0.25) is 4.74 Å². The third kappa shape index (κ3) is 6.27. The van der Waals surface area contributed by atoms with Crippen LogP contribution in [-0.4, -0.2) is 13.0 Å². The fourth-order valence-corrected chi connectivity index (χ4v) is 4.48. The molecule has 0 unspecified atom stereocenters. The van der Waals surface area contributed by atoms with Gasteiger partial charge in [-0.25, -0.2) is 0 Å². The lowest BCUT2D eigenvalue weighted by molar-refractivity contribution is -0.319. The van der Waals surface area contributed by atoms with E-state index in [1.165, 1.54) is 57.4 Å². The molecule has 0 aliphatic heterocycles. The topological polar surface area (TPSA) is 9.23 Å². The van der Waals surface area contributed by atoms with Gasteiger partial charge in [-0.05, 0) is 74.7 Å². The lowest BCUT2D eigenvalue weighted by Crippen LogP contribution is -2.25. The van der Waals surface area contributed by atoms with Crippen molar-refractivity contribution < 1.29 is 17.9 Å². The molecule has 2 rings (SSSR count). The molecule has 1 nitrogen and oxygen atoms in total. The van der Waals surface area contributed by atoms with Crippen LogP contribution in [0.1, 0.15) is 65.2 Å². The summed E-state index contributed by atoms with van der Waals surface area (Å²) in [7, 11) is 0. The van der Waals surface area contributed by atoms with Crippen LogP contribution in [-0.2, 0) is 4.74 Å². The van der Waals surface area contributed by atoms with Crippen molar-refractivity contribution >= 4 is 0 Å². The quantitative estimate of drug-likeness (QED) is 0.507. The van der Waals surface area contributed by atoms with Crippen molar-refractivity contribution in [2.24, 2.45) is 23.7 Å². The highest BCUT2D eigenvalue weighted by Crippen LogP contribution is 2.42. The third-order valence-corrected chi connectivity index (χ3v) is 5.96. The maximum Gasteiger partial charge on any atom is 0.522 e. The average molecular weight is 344 g/mol. The second-order valence-electron chi connectivity index (χ2n) is 7.58. The molecule has 0 aromatic rings. The fourth-order valence-electron chi connectivity index (χ4n) is 4.48. The molecule has 2 aliphatic carbocycles. The summed E-state index contributed by atoms with van der Waals surface area (Å²) in [5, 5.41) is 0. The van der Waals surface area contributed by atoms with E-state index in [2.05, 4.69) is 11.7 Å². The first-order chi connectivity index (χ1) is 11.4. The summed E-state index contributed by atoms with van der Waals surface area (Å²) in [5.41, 5.74) is 1.16. The van der Waals surface area contributed by atoms with Crippen LogP contribution in [0.2, 0.25) is 0 Å². The molecule has 0 atom stereocenters. The van der Waals surface area contributed by atoms with Crippen molar-refractivity contribution in [3.63, 3.8) is 0 Å². The van der Waals surface area contributed by atoms with Gasteiger partial charge in [-0.15, -0.1) is 13.2 Å². The lowest BCUT2D eigenvalue weighted by atomic mass is 9.68. The van der Waals surface area contributed by atoms with Gasteiger partial charge in [0.15, 0.2) is 0 Å². The Morgan fingerprint density at radius 1 is 0.958 bits per heavy atom. The molecule has 138 valence electrons. The summed E-state index contributed by atoms with van der Waals surface area (Å²) in [6.45, 7) is 3.93. The number of rotatable bonds is 5. The Kier molecular flexibility index (Phi) is 7.39. The molecular formula is C20H31F3O. The van der Waals surface area contributed by atoms with Crippen LogP contribution in [0.15, 0.2) is 23.8 Å². The van der Waals surface area contributed by atoms with E-state index < -0.39 is 13.0 Å². The molecule has 0 bridgehead atoms. The highest BCUT2D eigenvalue weighted by Gasteiger charge is 2.31. The number of ether oxygens (including phenoxy) is 1. The molecule has 0 spiro atoms. The molecule has 0 N–H and O–H groups in total. The molecule has 0 saturated heterocycles. The zero-order valence-electron chi connectivity index (χ0n) is 14.9. The molecule has 0 heterocycles. The Morgan fingerprint density at radius 2 is 1.50 bits per heavy atom. The van der Waals surface area contributed by atoms with Gasteiger partial charge in [-0.2, -0.15) is 0 Å². The SMILES string of the molecule is C/C=C(\C=C/COC(F)(F)F)C1CCC(C2CCC(C)CC2)CC1. The minimum absolute atomic E-state index is 0.406. The van der Waals surface area contributed by atoms with E-state index in [-0.39, 0.29) is 0 Å². The van der Waals surface area contributed by atoms with Crippen LogP contribution in [0.4, 0.5) is 13.2 Å². The van der Waals surface area contributed by atoms with Gasteiger partial charge in [0.05, 0.1) is 6.61 Å². The van der Waals surface area contributed by atoms with Gasteiger partial charge < -0.3 is 0 Å². The van der Waals surface area contributed by atoms with E-state index in [1.807, 2.05) is 19.1 Å². The van der Waals surface area contributed by atoms with E-state index >= 15 is 0 Å². The molecule has 0 amide bonds. The maximum absolute atomic E-state index is 12.0. The highest BCUT2D eigenvalue weighted by molar-refractivity contribution is 5.21. The molecule has 2 saturated carbocycles. The number of allylic oxidation sites excluding steroid dienone is 3. The zero-order valence-corrected chi connectivity index (χ0v) is 14.9. The molecule has 0 radical (unpaired) electrons. The third-order valence-electron chi connectivity index (χ3n) is 5.96. The van der Waals surface area contributed by atoms with Crippen LogP contribution in [0.5, 0.6) is 0 Å². The van der Waals surface area contributed by atoms with E-state index in [1.54, 1.807) is 0 Å². The minimum Gasteiger partial charge on any atom is -0.288 e. The summed E-state index contributed by atoms with van der Waals surface area (Å²) >= 11 is 0. The molecule has 4 heteroatoms. The minimum atomic E-state index is -4.55. The Hall–Kier alpha value is -0.770. The highest BCUT2D eigenvalue weighted by atomic mass is 19.4. The first-order valence-corrected chi connectivity index (χ1v) is 9.42. The predicted octanol–water partition coefficient (Wildman–Crippen LogP) is 6.66. The summed E-state index contributed by atoms with van der Waals surface area (Å²) in [6, 6.07) is 0. The normalized spacial score (nSPS) is 33.1. The van der Waals surface area contributed by atoms with Gasteiger partial charge in [0.2, 0.25) is 0 Å². The van der Waals surface area contributed by atoms with Gasteiger partial charge in [0.1, 0.15) is 0 Å². The molecule has 0 aromatic heterocycles. The average Bonchev–Trinajstić information content (AvgIpc) is 2.55. The monoisotopic (exact) mass is 344 g/mol. The van der Waals surface area contributed by atoms with Crippen molar-refractivity contribution in [2.45, 2.75) is 71.6 Å². The number of alkyl halides is 3. The fraction of sp³-hybridized carbons (Fsp3) is 0.800. The van der Waals surface area contributed by atoms with Crippen LogP contribution >= 0.6 is 0 Å². The molecule has 2 fully saturated rings. The largest absolute Gasteiger partial charge is 0.522 e. The second kappa shape index (κ2) is 9.07. The maximum atomic E-state index is 12.0. The molecule has 24 heavy (non-hydrogen) atoms. The van der Waals surface area contributed by atoms with Crippen molar-refractivity contribution in [2.75, 3.05) is 6.61 Å². The number of halogens is 3. The number of hydrogen-bond donors (Lipinski definition) is 0. The second-order valence-corrected chi connectivity index (χ2v) is 7.58. The van der Waals surface area contributed by atoms with E-state index in [0.29, 0.717) is 5.92 Å². The van der Waals surface area contributed by atoms with Crippen LogP contribution < -0.4 is 0 Å². The lowest BCUT2D eigenvalue weighted by Gasteiger charge is -2.37. The first kappa shape index (κ1) is 19.6. The summed E-state index contributed by atoms with van der Waals surface area (Å²) in [4.78, 5) is 0. The molecular weight excluding hydrogens is 313 g/mol. The van der Waals surface area contributed by atoms with Crippen molar-refractivity contribution in [1.29, 1.82) is 0 Å². The van der Waals surface area contributed by atoms with E-state index in [9.17, 15) is 13.2 Å². The summed E-state index contributed by atoms with van der Waals surface area (Å²) < 4.78 is 39.8. The smallest absolute Gasteiger partial charge is 0.288 e. The van der Waals surface area contributed by atoms with Crippen molar-refractivity contribution in [3.05, 3.63) is 23.8 Å². The summed E-state index contributed by atoms with van der Waals surface area (Å²) in [5.74, 6) is 3.17. The van der Waals surface area contributed by atoms with Gasteiger partial charge in [0.25, 0.3) is 0 Å². The van der Waals surface area contributed by atoms with E-state index in [0.717, 1.165) is 23.3 Å². The number of hydrogen-bond acceptors (Lipinski definition) is 1. The first-order valence-electron chi connectivity index (χ1n) is 9.42. The zero-order chi connectivity index (χ0) is 17.6. The standard InChI is InChI=1S/C20H31F3O/c1-3-16(5-4-14-24-20(21,22)23)17-10-12-19(13-11-17)18-8-6-15(2)7-9-18/h3-5,15,17-19H,6-14H2,1-2H3/b5-4-,16-3+. The van der Waals surface area contributed by atoms with Crippen molar-refractivity contribution in [1.82, 2.24) is 0 Å². The van der Waals surface area contributed by atoms with Gasteiger partial charge >= 0.3 is 6.36 Å². The Labute approximate surface area is 144 Å². The van der Waals surface area contributed by atoms with Crippen LogP contribution in [0, 0.1) is 23.7 Å². The van der Waals surface area contributed by atoms with Gasteiger partial charge in [0, 0.05) is 0 Å². The molecule has 2 aliphatic rings. The Bertz CT molecular complexity index is 423.